The molecule has 0 aliphatic rings. The molecule has 88 valence electrons. The first-order valence-electron chi connectivity index (χ1n) is 5.19. The predicted octanol–water partition coefficient (Wildman–Crippen LogP) is 3.42. The van der Waals surface area contributed by atoms with Crippen LogP contribution in [0.4, 0.5) is 4.39 Å². The van der Waals surface area contributed by atoms with E-state index in [-0.39, 0.29) is 11.7 Å². The van der Waals surface area contributed by atoms with Crippen LogP contribution in [-0.4, -0.2) is 16.3 Å². The molecular formula is C12H15FO2S. The summed E-state index contributed by atoms with van der Waals surface area (Å²) < 4.78 is 12.7. The molecule has 0 fully saturated rings. The minimum atomic E-state index is -0.816. The molecule has 0 radical (unpaired) electrons. The number of carbonyl (C=O) groups is 1. The molecule has 0 saturated heterocycles. The maximum Gasteiger partial charge on any atom is 0.317 e. The molecule has 1 aromatic carbocycles. The molecule has 0 heterocycles. The van der Waals surface area contributed by atoms with Crippen molar-refractivity contribution in [2.75, 3.05) is 0 Å². The number of thioether (sulfide) groups is 1. The Kier molecular flexibility index (Phi) is 4.80. The number of rotatable bonds is 5. The minimum Gasteiger partial charge on any atom is -0.480 e. The summed E-state index contributed by atoms with van der Waals surface area (Å²) in [5, 5.41) is 8.62. The quantitative estimate of drug-likeness (QED) is 0.804. The van der Waals surface area contributed by atoms with Gasteiger partial charge in [-0.15, -0.1) is 11.8 Å². The number of hydrogen-bond acceptors (Lipinski definition) is 2. The van der Waals surface area contributed by atoms with Crippen molar-refractivity contribution in [3.05, 3.63) is 30.1 Å². The molecule has 2 unspecified atom stereocenters. The van der Waals surface area contributed by atoms with Crippen LogP contribution in [0.5, 0.6) is 0 Å². The zero-order chi connectivity index (χ0) is 12.1. The molecule has 0 bridgehead atoms. The third-order valence-electron chi connectivity index (χ3n) is 2.48. The first-order valence-corrected chi connectivity index (χ1v) is 6.07. The summed E-state index contributed by atoms with van der Waals surface area (Å²) in [5.41, 5.74) is 0. The van der Waals surface area contributed by atoms with Gasteiger partial charge in [0.1, 0.15) is 11.1 Å². The molecule has 0 aliphatic heterocycles. The third kappa shape index (κ3) is 3.52. The average Bonchev–Trinajstić information content (AvgIpc) is 2.27. The molecule has 0 aromatic heterocycles. The van der Waals surface area contributed by atoms with Crippen LogP contribution in [0.2, 0.25) is 0 Å². The van der Waals surface area contributed by atoms with E-state index in [0.29, 0.717) is 0 Å². The molecule has 2 nitrogen and oxygen atoms in total. The van der Waals surface area contributed by atoms with E-state index in [4.69, 9.17) is 5.11 Å². The molecule has 0 spiro atoms. The summed E-state index contributed by atoms with van der Waals surface area (Å²) in [5.74, 6) is -1.03. The van der Waals surface area contributed by atoms with Crippen LogP contribution in [-0.2, 0) is 4.79 Å². The highest BCUT2D eigenvalue weighted by Crippen LogP contribution is 2.29. The van der Waals surface area contributed by atoms with Gasteiger partial charge in [-0.05, 0) is 30.2 Å². The zero-order valence-electron chi connectivity index (χ0n) is 9.31. The maximum atomic E-state index is 12.7. The van der Waals surface area contributed by atoms with E-state index in [1.807, 2.05) is 13.8 Å². The van der Waals surface area contributed by atoms with Crippen LogP contribution in [0.25, 0.3) is 0 Å². The highest BCUT2D eigenvalue weighted by atomic mass is 32.2. The SMILES string of the molecule is CCC(C)C(Sc1ccc(F)cc1)C(=O)O. The molecule has 4 heteroatoms. The average molecular weight is 242 g/mol. The van der Waals surface area contributed by atoms with Crippen LogP contribution in [0.3, 0.4) is 0 Å². The Morgan fingerprint density at radius 1 is 1.44 bits per heavy atom. The van der Waals surface area contributed by atoms with E-state index in [0.717, 1.165) is 11.3 Å². The van der Waals surface area contributed by atoms with E-state index in [9.17, 15) is 9.18 Å². The van der Waals surface area contributed by atoms with Gasteiger partial charge in [-0.3, -0.25) is 4.79 Å². The van der Waals surface area contributed by atoms with Gasteiger partial charge in [0.15, 0.2) is 0 Å². The zero-order valence-corrected chi connectivity index (χ0v) is 10.1. The van der Waals surface area contributed by atoms with Gasteiger partial charge in [-0.1, -0.05) is 20.3 Å². The van der Waals surface area contributed by atoms with Gasteiger partial charge in [0.05, 0.1) is 0 Å². The van der Waals surface area contributed by atoms with Gasteiger partial charge in [-0.2, -0.15) is 0 Å². The van der Waals surface area contributed by atoms with Crippen LogP contribution >= 0.6 is 11.8 Å². The van der Waals surface area contributed by atoms with Crippen molar-refractivity contribution in [1.29, 1.82) is 0 Å². The van der Waals surface area contributed by atoms with Crippen LogP contribution < -0.4 is 0 Å². The number of halogens is 1. The Hall–Kier alpha value is -1.03. The lowest BCUT2D eigenvalue weighted by molar-refractivity contribution is -0.137. The normalized spacial score (nSPS) is 14.4. The number of benzene rings is 1. The highest BCUT2D eigenvalue weighted by molar-refractivity contribution is 8.00. The van der Waals surface area contributed by atoms with Crippen molar-refractivity contribution in [3.63, 3.8) is 0 Å². The summed E-state index contributed by atoms with van der Waals surface area (Å²) in [6, 6.07) is 5.91. The molecular weight excluding hydrogens is 227 g/mol. The van der Waals surface area contributed by atoms with E-state index in [1.54, 1.807) is 12.1 Å². The number of carboxylic acid groups (broad SMARTS) is 1. The van der Waals surface area contributed by atoms with Crippen molar-refractivity contribution < 1.29 is 14.3 Å². The molecule has 0 aliphatic carbocycles. The van der Waals surface area contributed by atoms with Crippen LogP contribution in [0, 0.1) is 11.7 Å². The second-order valence-corrected chi connectivity index (χ2v) is 4.93. The largest absolute Gasteiger partial charge is 0.480 e. The van der Waals surface area contributed by atoms with Crippen LogP contribution in [0.1, 0.15) is 20.3 Å². The lowest BCUT2D eigenvalue weighted by Crippen LogP contribution is -2.23. The third-order valence-corrected chi connectivity index (χ3v) is 3.95. The molecule has 0 saturated carbocycles. The predicted molar refractivity (Wildman–Crippen MR) is 63.1 cm³/mol. The summed E-state index contributed by atoms with van der Waals surface area (Å²) in [6.07, 6.45) is 0.811. The van der Waals surface area contributed by atoms with Gasteiger partial charge < -0.3 is 5.11 Å². The fourth-order valence-electron chi connectivity index (χ4n) is 1.28. The Bertz CT molecular complexity index is 351. The van der Waals surface area contributed by atoms with E-state index < -0.39 is 11.2 Å². The summed E-state index contributed by atoms with van der Waals surface area (Å²) in [4.78, 5) is 11.9. The summed E-state index contributed by atoms with van der Waals surface area (Å²) in [6.45, 7) is 3.88. The topological polar surface area (TPSA) is 37.3 Å². The van der Waals surface area contributed by atoms with Gasteiger partial charge in [0.2, 0.25) is 0 Å². The van der Waals surface area contributed by atoms with Crippen molar-refractivity contribution >= 4 is 17.7 Å². The summed E-state index contributed by atoms with van der Waals surface area (Å²) >= 11 is 1.27. The lowest BCUT2D eigenvalue weighted by Gasteiger charge is -2.17. The molecule has 16 heavy (non-hydrogen) atoms. The Morgan fingerprint density at radius 3 is 2.44 bits per heavy atom. The van der Waals surface area contributed by atoms with E-state index >= 15 is 0 Å². The Morgan fingerprint density at radius 2 is 2.00 bits per heavy atom. The standard InChI is InChI=1S/C12H15FO2S/c1-3-8(2)11(12(14)15)16-10-6-4-9(13)5-7-10/h4-8,11H,3H2,1-2H3,(H,14,15). The lowest BCUT2D eigenvalue weighted by atomic mass is 10.1. The second-order valence-electron chi connectivity index (χ2n) is 3.72. The first kappa shape index (κ1) is 13.0. The minimum absolute atomic E-state index is 0.0903. The van der Waals surface area contributed by atoms with Gasteiger partial charge in [0.25, 0.3) is 0 Å². The molecule has 1 rings (SSSR count). The Balaban J connectivity index is 2.75. The fourth-order valence-corrected chi connectivity index (χ4v) is 2.40. The maximum absolute atomic E-state index is 12.7. The van der Waals surface area contributed by atoms with Crippen molar-refractivity contribution in [1.82, 2.24) is 0 Å². The van der Waals surface area contributed by atoms with Gasteiger partial charge in [0, 0.05) is 4.90 Å². The first-order chi connectivity index (χ1) is 7.54. The van der Waals surface area contributed by atoms with Gasteiger partial charge >= 0.3 is 5.97 Å². The molecule has 0 amide bonds. The monoisotopic (exact) mass is 242 g/mol. The van der Waals surface area contributed by atoms with Crippen molar-refractivity contribution in [3.8, 4) is 0 Å². The molecule has 1 aromatic rings. The second kappa shape index (κ2) is 5.89. The number of aliphatic carboxylic acids is 1. The van der Waals surface area contributed by atoms with Crippen LogP contribution in [0.15, 0.2) is 29.2 Å². The highest BCUT2D eigenvalue weighted by Gasteiger charge is 2.24. The number of hydrogen-bond donors (Lipinski definition) is 1. The van der Waals surface area contributed by atoms with Crippen molar-refractivity contribution in [2.45, 2.75) is 30.4 Å². The Labute approximate surface area is 98.9 Å². The smallest absolute Gasteiger partial charge is 0.317 e. The molecule has 2 atom stereocenters. The van der Waals surface area contributed by atoms with E-state index in [2.05, 4.69) is 0 Å². The summed E-state index contributed by atoms with van der Waals surface area (Å²) in [7, 11) is 0. The number of carboxylic acids is 1. The van der Waals surface area contributed by atoms with Crippen molar-refractivity contribution in [2.24, 2.45) is 5.92 Å². The fraction of sp³-hybridized carbons (Fsp3) is 0.417. The van der Waals surface area contributed by atoms with Gasteiger partial charge in [-0.25, -0.2) is 4.39 Å². The van der Waals surface area contributed by atoms with E-state index in [1.165, 1.54) is 23.9 Å². The molecule has 1 N–H and O–H groups in total.